The van der Waals surface area contributed by atoms with Crippen molar-refractivity contribution in [1.29, 1.82) is 0 Å². The summed E-state index contributed by atoms with van der Waals surface area (Å²) < 4.78 is 7.65. The third kappa shape index (κ3) is 5.32. The van der Waals surface area contributed by atoms with Crippen LogP contribution in [0.5, 0.6) is 11.5 Å². The van der Waals surface area contributed by atoms with Gasteiger partial charge < -0.3 is 15.2 Å². The molecule has 3 nitrogen and oxygen atoms in total. The van der Waals surface area contributed by atoms with Crippen molar-refractivity contribution in [2.75, 3.05) is 5.32 Å². The Balaban J connectivity index is 1.69. The van der Waals surface area contributed by atoms with Crippen molar-refractivity contribution in [3.8, 4) is 11.5 Å². The third-order valence-corrected chi connectivity index (χ3v) is 5.55. The van der Waals surface area contributed by atoms with Gasteiger partial charge in [-0.15, -0.1) is 0 Å². The molecule has 0 heterocycles. The van der Waals surface area contributed by atoms with E-state index in [1.807, 2.05) is 42.5 Å². The highest BCUT2D eigenvalue weighted by Gasteiger charge is 2.11. The van der Waals surface area contributed by atoms with E-state index in [4.69, 9.17) is 27.9 Å². The second-order valence-electron chi connectivity index (χ2n) is 5.80. The molecule has 0 amide bonds. The van der Waals surface area contributed by atoms with Gasteiger partial charge in [0.2, 0.25) is 0 Å². The average Bonchev–Trinajstić information content (AvgIpc) is 2.64. The Bertz CT molecular complexity index is 906. The van der Waals surface area contributed by atoms with Crippen LogP contribution in [0.25, 0.3) is 0 Å². The molecule has 0 saturated heterocycles. The van der Waals surface area contributed by atoms with E-state index in [9.17, 15) is 5.11 Å². The normalized spacial score (nSPS) is 10.7. The van der Waals surface area contributed by atoms with E-state index in [2.05, 4.69) is 37.2 Å². The van der Waals surface area contributed by atoms with E-state index < -0.39 is 0 Å². The zero-order valence-electron chi connectivity index (χ0n) is 14.0. The van der Waals surface area contributed by atoms with Crippen LogP contribution >= 0.6 is 55.1 Å². The molecule has 0 spiro atoms. The lowest BCUT2D eigenvalue weighted by Crippen LogP contribution is -2.01. The number of phenols is 1. The molecule has 0 saturated carbocycles. The standard InChI is InChI=1S/C20H15Br2Cl2NO2/c21-15-6-13(10-25-14-8-17(23)19(26)18(24)9-14)7-16(22)20(15)27-11-12-4-2-1-3-5-12/h1-9,25-26H,10-11H2. The first-order valence-corrected chi connectivity index (χ1v) is 10.3. The van der Waals surface area contributed by atoms with Gasteiger partial charge in [-0.25, -0.2) is 0 Å². The maximum atomic E-state index is 9.63. The molecule has 0 aliphatic heterocycles. The fourth-order valence-corrected chi connectivity index (χ4v) is 4.45. The lowest BCUT2D eigenvalue weighted by molar-refractivity contribution is 0.302. The van der Waals surface area contributed by atoms with Gasteiger partial charge in [-0.1, -0.05) is 53.5 Å². The maximum Gasteiger partial charge on any atom is 0.152 e. The van der Waals surface area contributed by atoms with Crippen LogP contribution in [-0.4, -0.2) is 5.11 Å². The smallest absolute Gasteiger partial charge is 0.152 e. The Morgan fingerprint density at radius 2 is 1.48 bits per heavy atom. The summed E-state index contributed by atoms with van der Waals surface area (Å²) in [5, 5.41) is 13.3. The Kier molecular flexibility index (Phi) is 6.93. The van der Waals surface area contributed by atoms with Gasteiger partial charge in [-0.3, -0.25) is 0 Å². The second-order valence-corrected chi connectivity index (χ2v) is 8.33. The second kappa shape index (κ2) is 9.20. The molecule has 0 radical (unpaired) electrons. The molecular formula is C20H15Br2Cl2NO2. The van der Waals surface area contributed by atoms with E-state index in [1.54, 1.807) is 12.1 Å². The van der Waals surface area contributed by atoms with Crippen molar-refractivity contribution in [3.05, 3.63) is 84.7 Å². The molecule has 0 aliphatic rings. The lowest BCUT2D eigenvalue weighted by atomic mass is 10.2. The Labute approximate surface area is 184 Å². The van der Waals surface area contributed by atoms with E-state index in [0.717, 1.165) is 31.5 Å². The predicted octanol–water partition coefficient (Wildman–Crippen LogP) is 7.42. The van der Waals surface area contributed by atoms with Crippen LogP contribution < -0.4 is 10.1 Å². The minimum Gasteiger partial charge on any atom is -0.505 e. The van der Waals surface area contributed by atoms with Gasteiger partial charge in [-0.2, -0.15) is 0 Å². The maximum absolute atomic E-state index is 9.63. The summed E-state index contributed by atoms with van der Waals surface area (Å²) in [5.41, 5.74) is 2.85. The summed E-state index contributed by atoms with van der Waals surface area (Å²) in [6.07, 6.45) is 0. The summed E-state index contributed by atoms with van der Waals surface area (Å²) in [7, 11) is 0. The fourth-order valence-electron chi connectivity index (χ4n) is 2.45. The Morgan fingerprint density at radius 1 is 0.889 bits per heavy atom. The summed E-state index contributed by atoms with van der Waals surface area (Å²) >= 11 is 19.0. The number of rotatable bonds is 6. The molecule has 3 rings (SSSR count). The van der Waals surface area contributed by atoms with Crippen molar-refractivity contribution >= 4 is 60.7 Å². The Morgan fingerprint density at radius 3 is 2.07 bits per heavy atom. The van der Waals surface area contributed by atoms with Crippen molar-refractivity contribution in [2.45, 2.75) is 13.2 Å². The summed E-state index contributed by atoms with van der Waals surface area (Å²) in [5.74, 6) is 0.632. The highest BCUT2D eigenvalue weighted by Crippen LogP contribution is 2.37. The van der Waals surface area contributed by atoms with Crippen molar-refractivity contribution in [2.24, 2.45) is 0 Å². The van der Waals surface area contributed by atoms with Crippen LogP contribution in [0.3, 0.4) is 0 Å². The summed E-state index contributed by atoms with van der Waals surface area (Å²) in [6, 6.07) is 17.2. The van der Waals surface area contributed by atoms with Gasteiger partial charge >= 0.3 is 0 Å². The highest BCUT2D eigenvalue weighted by atomic mass is 79.9. The van der Waals surface area contributed by atoms with Crippen LogP contribution in [0.4, 0.5) is 5.69 Å². The zero-order chi connectivity index (χ0) is 19.4. The topological polar surface area (TPSA) is 41.5 Å². The first-order valence-electron chi connectivity index (χ1n) is 8.00. The number of ether oxygens (including phenoxy) is 1. The minimum absolute atomic E-state index is 0.116. The molecule has 3 aromatic carbocycles. The molecule has 2 N–H and O–H groups in total. The van der Waals surface area contributed by atoms with E-state index >= 15 is 0 Å². The molecule has 0 aliphatic carbocycles. The third-order valence-electron chi connectivity index (χ3n) is 3.80. The van der Waals surface area contributed by atoms with Crippen molar-refractivity contribution in [1.82, 2.24) is 0 Å². The SMILES string of the molecule is Oc1c(Cl)cc(NCc2cc(Br)c(OCc3ccccc3)c(Br)c2)cc1Cl. The molecule has 27 heavy (non-hydrogen) atoms. The molecule has 7 heteroatoms. The molecule has 3 aromatic rings. The van der Waals surface area contributed by atoms with Crippen LogP contribution in [0.2, 0.25) is 10.0 Å². The number of nitrogens with one attached hydrogen (secondary N) is 1. The number of hydrogen-bond donors (Lipinski definition) is 2. The van der Waals surface area contributed by atoms with Gasteiger partial charge in [-0.05, 0) is 67.3 Å². The zero-order valence-corrected chi connectivity index (χ0v) is 18.7. The van der Waals surface area contributed by atoms with Gasteiger partial charge in [0.15, 0.2) is 5.75 Å². The molecule has 0 fully saturated rings. The van der Waals surface area contributed by atoms with Crippen molar-refractivity contribution in [3.63, 3.8) is 0 Å². The van der Waals surface area contributed by atoms with E-state index in [-0.39, 0.29) is 15.8 Å². The minimum atomic E-state index is -0.116. The fraction of sp³-hybridized carbons (Fsp3) is 0.100. The van der Waals surface area contributed by atoms with Crippen LogP contribution in [0, 0.1) is 0 Å². The molecule has 0 unspecified atom stereocenters. The van der Waals surface area contributed by atoms with Gasteiger partial charge in [0.1, 0.15) is 12.4 Å². The van der Waals surface area contributed by atoms with Crippen LogP contribution in [0.15, 0.2) is 63.5 Å². The van der Waals surface area contributed by atoms with Gasteiger partial charge in [0.25, 0.3) is 0 Å². The summed E-state index contributed by atoms with van der Waals surface area (Å²) in [6.45, 7) is 1.04. The number of phenolic OH excluding ortho intramolecular Hbond substituents is 1. The first kappa shape index (κ1) is 20.3. The predicted molar refractivity (Wildman–Crippen MR) is 118 cm³/mol. The number of hydrogen-bond acceptors (Lipinski definition) is 3. The van der Waals surface area contributed by atoms with Gasteiger partial charge in [0, 0.05) is 12.2 Å². The Hall–Kier alpha value is -1.40. The monoisotopic (exact) mass is 529 g/mol. The van der Waals surface area contributed by atoms with E-state index in [0.29, 0.717) is 13.2 Å². The number of halogens is 4. The number of anilines is 1. The lowest BCUT2D eigenvalue weighted by Gasteiger charge is -2.14. The highest BCUT2D eigenvalue weighted by molar-refractivity contribution is 9.11. The number of aromatic hydroxyl groups is 1. The average molecular weight is 532 g/mol. The molecule has 140 valence electrons. The summed E-state index contributed by atoms with van der Waals surface area (Å²) in [4.78, 5) is 0. The van der Waals surface area contributed by atoms with Crippen LogP contribution in [-0.2, 0) is 13.2 Å². The molecular weight excluding hydrogens is 517 g/mol. The van der Waals surface area contributed by atoms with Crippen molar-refractivity contribution < 1.29 is 9.84 Å². The number of benzene rings is 3. The quantitative estimate of drug-likeness (QED) is 0.325. The largest absolute Gasteiger partial charge is 0.505 e. The molecule has 0 aromatic heterocycles. The molecule has 0 atom stereocenters. The molecule has 0 bridgehead atoms. The van der Waals surface area contributed by atoms with E-state index in [1.165, 1.54) is 0 Å². The van der Waals surface area contributed by atoms with Crippen LogP contribution in [0.1, 0.15) is 11.1 Å². The first-order chi connectivity index (χ1) is 12.9. The van der Waals surface area contributed by atoms with Gasteiger partial charge in [0.05, 0.1) is 19.0 Å².